The number of fused-ring (bicyclic) bond motifs is 1. The first kappa shape index (κ1) is 13.5. The zero-order valence-corrected chi connectivity index (χ0v) is 11.1. The van der Waals surface area contributed by atoms with E-state index < -0.39 is 0 Å². The van der Waals surface area contributed by atoms with Crippen LogP contribution in [0.2, 0.25) is 0 Å². The van der Waals surface area contributed by atoms with Crippen LogP contribution in [0, 0.1) is 0 Å². The van der Waals surface area contributed by atoms with Gasteiger partial charge >= 0.3 is 0 Å². The molecular weight excluding hydrogens is 242 g/mol. The lowest BCUT2D eigenvalue weighted by molar-refractivity contribution is -0.121. The zero-order chi connectivity index (χ0) is 13.5. The molecule has 1 aromatic heterocycles. The van der Waals surface area contributed by atoms with Crippen LogP contribution in [0.15, 0.2) is 30.5 Å². The van der Waals surface area contributed by atoms with Crippen molar-refractivity contribution in [3.05, 3.63) is 30.5 Å². The fraction of sp³-hybridized carbons (Fsp3) is 0.429. The molecular formula is C14H19N3O2. The molecule has 0 aliphatic carbocycles. The Hall–Kier alpha value is -1.88. The molecule has 1 heterocycles. The maximum Gasteiger partial charge on any atom is 0.221 e. The van der Waals surface area contributed by atoms with Crippen molar-refractivity contribution in [2.24, 2.45) is 0 Å². The number of hydrogen-bond acceptors (Lipinski definition) is 3. The number of nitrogens with one attached hydrogen (secondary N) is 1. The van der Waals surface area contributed by atoms with Gasteiger partial charge in [-0.1, -0.05) is 18.2 Å². The second-order valence-electron chi connectivity index (χ2n) is 4.37. The van der Waals surface area contributed by atoms with Crippen molar-refractivity contribution in [1.82, 2.24) is 15.1 Å². The minimum Gasteiger partial charge on any atom is -0.385 e. The summed E-state index contributed by atoms with van der Waals surface area (Å²) in [6, 6.07) is 7.99. The molecule has 0 unspecified atom stereocenters. The Kier molecular flexibility index (Phi) is 4.92. The Balaban J connectivity index is 1.80. The highest BCUT2D eigenvalue weighted by molar-refractivity contribution is 5.79. The number of amides is 1. The van der Waals surface area contributed by atoms with Crippen molar-refractivity contribution in [3.8, 4) is 0 Å². The van der Waals surface area contributed by atoms with Gasteiger partial charge in [-0.05, 0) is 12.5 Å². The SMILES string of the molecule is COCCCNC(=O)CCn1ncc2ccccc21. The van der Waals surface area contributed by atoms with E-state index in [2.05, 4.69) is 10.4 Å². The first-order chi connectivity index (χ1) is 9.31. The predicted molar refractivity (Wildman–Crippen MR) is 73.9 cm³/mol. The lowest BCUT2D eigenvalue weighted by atomic mass is 10.2. The minimum atomic E-state index is 0.0516. The fourth-order valence-corrected chi connectivity index (χ4v) is 1.94. The van der Waals surface area contributed by atoms with E-state index in [0.717, 1.165) is 17.3 Å². The van der Waals surface area contributed by atoms with Gasteiger partial charge in [-0.3, -0.25) is 9.48 Å². The highest BCUT2D eigenvalue weighted by Gasteiger charge is 2.04. The quantitative estimate of drug-likeness (QED) is 0.770. The molecule has 2 aromatic rings. The van der Waals surface area contributed by atoms with Gasteiger partial charge in [-0.2, -0.15) is 5.10 Å². The van der Waals surface area contributed by atoms with E-state index in [0.29, 0.717) is 26.1 Å². The molecule has 0 spiro atoms. The molecule has 1 aromatic carbocycles. The summed E-state index contributed by atoms with van der Waals surface area (Å²) in [6.07, 6.45) is 3.11. The highest BCUT2D eigenvalue weighted by Crippen LogP contribution is 2.12. The van der Waals surface area contributed by atoms with E-state index in [1.54, 1.807) is 7.11 Å². The number of aromatic nitrogens is 2. The molecule has 5 heteroatoms. The van der Waals surface area contributed by atoms with Crippen LogP contribution in [-0.2, 0) is 16.1 Å². The molecule has 2 rings (SSSR count). The van der Waals surface area contributed by atoms with E-state index in [1.807, 2.05) is 35.1 Å². The summed E-state index contributed by atoms with van der Waals surface area (Å²) in [7, 11) is 1.66. The minimum absolute atomic E-state index is 0.0516. The third-order valence-corrected chi connectivity index (χ3v) is 2.95. The van der Waals surface area contributed by atoms with E-state index in [9.17, 15) is 4.79 Å². The molecule has 0 radical (unpaired) electrons. The van der Waals surface area contributed by atoms with E-state index >= 15 is 0 Å². The summed E-state index contributed by atoms with van der Waals surface area (Å²) in [4.78, 5) is 11.6. The van der Waals surface area contributed by atoms with Crippen molar-refractivity contribution >= 4 is 16.8 Å². The van der Waals surface area contributed by atoms with Crippen LogP contribution in [-0.4, -0.2) is 35.9 Å². The van der Waals surface area contributed by atoms with Crippen molar-refractivity contribution in [3.63, 3.8) is 0 Å². The maximum atomic E-state index is 11.6. The molecule has 0 saturated heterocycles. The summed E-state index contributed by atoms with van der Waals surface area (Å²) >= 11 is 0. The standard InChI is InChI=1S/C14H19N3O2/c1-19-10-4-8-15-14(18)7-9-17-13-6-3-2-5-12(13)11-16-17/h2-3,5-6,11H,4,7-10H2,1H3,(H,15,18). The van der Waals surface area contributed by atoms with Gasteiger partial charge in [0.05, 0.1) is 18.3 Å². The summed E-state index contributed by atoms with van der Waals surface area (Å²) < 4.78 is 6.79. The van der Waals surface area contributed by atoms with E-state index in [-0.39, 0.29) is 5.91 Å². The Morgan fingerprint density at radius 2 is 2.26 bits per heavy atom. The molecule has 0 fully saturated rings. The number of aryl methyl sites for hydroxylation is 1. The molecule has 0 aliphatic heterocycles. The first-order valence-electron chi connectivity index (χ1n) is 6.47. The van der Waals surface area contributed by atoms with Crippen molar-refractivity contribution in [1.29, 1.82) is 0 Å². The third kappa shape index (κ3) is 3.79. The molecule has 0 bridgehead atoms. The normalized spacial score (nSPS) is 10.8. The maximum absolute atomic E-state index is 11.6. The number of ether oxygens (including phenoxy) is 1. The van der Waals surface area contributed by atoms with Gasteiger partial charge < -0.3 is 10.1 Å². The third-order valence-electron chi connectivity index (χ3n) is 2.95. The van der Waals surface area contributed by atoms with Crippen LogP contribution in [0.25, 0.3) is 10.9 Å². The number of benzene rings is 1. The van der Waals surface area contributed by atoms with Crippen LogP contribution in [0.4, 0.5) is 0 Å². The van der Waals surface area contributed by atoms with Crippen molar-refractivity contribution < 1.29 is 9.53 Å². The lowest BCUT2D eigenvalue weighted by Gasteiger charge is -2.06. The summed E-state index contributed by atoms with van der Waals surface area (Å²) in [5, 5.41) is 8.26. The number of para-hydroxylation sites is 1. The average molecular weight is 261 g/mol. The number of nitrogens with zero attached hydrogens (tertiary/aromatic N) is 2. The predicted octanol–water partition coefficient (Wildman–Crippen LogP) is 1.58. The molecule has 0 aliphatic rings. The second kappa shape index (κ2) is 6.89. The molecule has 1 N–H and O–H groups in total. The second-order valence-corrected chi connectivity index (χ2v) is 4.37. The van der Waals surface area contributed by atoms with Gasteiger partial charge in [0.1, 0.15) is 0 Å². The molecule has 5 nitrogen and oxygen atoms in total. The first-order valence-corrected chi connectivity index (χ1v) is 6.47. The van der Waals surface area contributed by atoms with Crippen LogP contribution in [0.5, 0.6) is 0 Å². The smallest absolute Gasteiger partial charge is 0.221 e. The van der Waals surface area contributed by atoms with Crippen LogP contribution in [0.1, 0.15) is 12.8 Å². The largest absolute Gasteiger partial charge is 0.385 e. The van der Waals surface area contributed by atoms with E-state index in [4.69, 9.17) is 4.74 Å². The van der Waals surface area contributed by atoms with Crippen LogP contribution < -0.4 is 5.32 Å². The molecule has 102 valence electrons. The Morgan fingerprint density at radius 3 is 3.11 bits per heavy atom. The number of rotatable bonds is 7. The Labute approximate surface area is 112 Å². The van der Waals surface area contributed by atoms with Crippen molar-refractivity contribution in [2.75, 3.05) is 20.3 Å². The van der Waals surface area contributed by atoms with Gasteiger partial charge in [0.15, 0.2) is 0 Å². The Bertz CT molecular complexity index is 536. The monoisotopic (exact) mass is 261 g/mol. The molecule has 0 atom stereocenters. The summed E-state index contributed by atoms with van der Waals surface area (Å²) in [6.45, 7) is 1.93. The summed E-state index contributed by atoms with van der Waals surface area (Å²) in [5.41, 5.74) is 1.06. The Morgan fingerprint density at radius 1 is 1.42 bits per heavy atom. The number of carbonyl (C=O) groups is 1. The molecule has 19 heavy (non-hydrogen) atoms. The molecule has 1 amide bonds. The van der Waals surface area contributed by atoms with Crippen LogP contribution in [0.3, 0.4) is 0 Å². The lowest BCUT2D eigenvalue weighted by Crippen LogP contribution is -2.26. The highest BCUT2D eigenvalue weighted by atomic mass is 16.5. The van der Waals surface area contributed by atoms with Gasteiger partial charge in [0, 0.05) is 32.1 Å². The van der Waals surface area contributed by atoms with E-state index in [1.165, 1.54) is 0 Å². The fourth-order valence-electron chi connectivity index (χ4n) is 1.94. The number of carbonyl (C=O) groups excluding carboxylic acids is 1. The average Bonchev–Trinajstić information content (AvgIpc) is 2.85. The summed E-state index contributed by atoms with van der Waals surface area (Å²) in [5.74, 6) is 0.0516. The van der Waals surface area contributed by atoms with Gasteiger partial charge in [-0.15, -0.1) is 0 Å². The van der Waals surface area contributed by atoms with Crippen LogP contribution >= 0.6 is 0 Å². The van der Waals surface area contributed by atoms with Crippen molar-refractivity contribution in [2.45, 2.75) is 19.4 Å². The number of methoxy groups -OCH3 is 1. The van der Waals surface area contributed by atoms with Gasteiger partial charge in [-0.25, -0.2) is 0 Å². The number of hydrogen-bond donors (Lipinski definition) is 1. The van der Waals surface area contributed by atoms with Gasteiger partial charge in [0.25, 0.3) is 0 Å². The van der Waals surface area contributed by atoms with Gasteiger partial charge in [0.2, 0.25) is 5.91 Å². The topological polar surface area (TPSA) is 56.1 Å². The molecule has 0 saturated carbocycles. The zero-order valence-electron chi connectivity index (χ0n) is 11.1.